The van der Waals surface area contributed by atoms with Crippen LogP contribution in [0.4, 0.5) is 5.82 Å². The first-order chi connectivity index (χ1) is 14.6. The third kappa shape index (κ3) is 6.12. The third-order valence-corrected chi connectivity index (χ3v) is 5.62. The molecule has 2 unspecified atom stereocenters. The zero-order valence-corrected chi connectivity index (χ0v) is 18.4. The molecule has 1 aliphatic heterocycles. The number of hydrogen-bond acceptors (Lipinski definition) is 7. The van der Waals surface area contributed by atoms with Gasteiger partial charge >= 0.3 is 0 Å². The van der Waals surface area contributed by atoms with Crippen LogP contribution < -0.4 is 10.2 Å². The number of hydrogen-bond donors (Lipinski definition) is 2. The molecule has 1 fully saturated rings. The summed E-state index contributed by atoms with van der Waals surface area (Å²) >= 11 is 6.61. The Morgan fingerprint density at radius 3 is 2.77 bits per heavy atom. The van der Waals surface area contributed by atoms with Gasteiger partial charge in [0.15, 0.2) is 5.15 Å². The summed E-state index contributed by atoms with van der Waals surface area (Å²) in [6.45, 7) is 2.22. The van der Waals surface area contributed by atoms with Gasteiger partial charge in [-0.25, -0.2) is 4.98 Å². The summed E-state index contributed by atoms with van der Waals surface area (Å²) in [7, 11) is 3.29. The lowest BCUT2D eigenvalue weighted by atomic mass is 10.0. The number of aliphatic hydroxyl groups excluding tert-OH is 1. The highest BCUT2D eigenvalue weighted by molar-refractivity contribution is 6.30. The van der Waals surface area contributed by atoms with Gasteiger partial charge in [-0.3, -0.25) is 4.98 Å². The normalized spacial score (nSPS) is 18.5. The standard InChI is InChI=1S/C22H31ClN4O3/c1-29-14-17-9-6-10-27(17)20-13-25-21(22(23)26-20)19(24-12-18(28)15-30-2)11-16-7-4-3-5-8-16/h3-5,7-8,13,17-19,24,28H,6,9-12,14-15H2,1-2H3/t17?,18-,19?/m1/s1. The van der Waals surface area contributed by atoms with E-state index < -0.39 is 6.10 Å². The highest BCUT2D eigenvalue weighted by Crippen LogP contribution is 2.28. The molecule has 1 aliphatic rings. The summed E-state index contributed by atoms with van der Waals surface area (Å²) in [6, 6.07) is 10.3. The molecule has 0 spiro atoms. The lowest BCUT2D eigenvalue weighted by Gasteiger charge is -2.26. The van der Waals surface area contributed by atoms with Crippen molar-refractivity contribution in [3.63, 3.8) is 0 Å². The first-order valence-electron chi connectivity index (χ1n) is 10.3. The number of aromatic nitrogens is 2. The first-order valence-corrected chi connectivity index (χ1v) is 10.7. The first kappa shape index (κ1) is 22.9. The quantitative estimate of drug-likeness (QED) is 0.562. The largest absolute Gasteiger partial charge is 0.389 e. The smallest absolute Gasteiger partial charge is 0.154 e. The van der Waals surface area contributed by atoms with Gasteiger partial charge in [0.2, 0.25) is 0 Å². The molecular weight excluding hydrogens is 404 g/mol. The molecule has 8 heteroatoms. The summed E-state index contributed by atoms with van der Waals surface area (Å²) in [4.78, 5) is 11.6. The third-order valence-electron chi connectivity index (χ3n) is 5.35. The van der Waals surface area contributed by atoms with Gasteiger partial charge in [0, 0.05) is 27.3 Å². The number of ether oxygens (including phenoxy) is 2. The molecule has 3 rings (SSSR count). The van der Waals surface area contributed by atoms with E-state index in [1.807, 2.05) is 18.2 Å². The van der Waals surface area contributed by atoms with Crippen LogP contribution in [0.3, 0.4) is 0 Å². The fraction of sp³-hybridized carbons (Fsp3) is 0.545. The molecule has 0 bridgehead atoms. The molecule has 0 aliphatic carbocycles. The van der Waals surface area contributed by atoms with Gasteiger partial charge < -0.3 is 24.8 Å². The molecule has 1 aromatic heterocycles. The van der Waals surface area contributed by atoms with E-state index in [9.17, 15) is 5.11 Å². The Kier molecular flexibility index (Phi) is 8.84. The molecular formula is C22H31ClN4O3. The van der Waals surface area contributed by atoms with Crippen LogP contribution in [0.25, 0.3) is 0 Å². The molecule has 164 valence electrons. The maximum Gasteiger partial charge on any atom is 0.154 e. The zero-order chi connectivity index (χ0) is 21.3. The number of anilines is 1. The van der Waals surface area contributed by atoms with Crippen LogP contribution >= 0.6 is 11.6 Å². The van der Waals surface area contributed by atoms with Crippen molar-refractivity contribution in [1.29, 1.82) is 0 Å². The number of aliphatic hydroxyl groups is 1. The summed E-state index contributed by atoms with van der Waals surface area (Å²) < 4.78 is 10.4. The number of rotatable bonds is 11. The van der Waals surface area contributed by atoms with Crippen LogP contribution in [0, 0.1) is 0 Å². The number of nitrogens with one attached hydrogen (secondary N) is 1. The second kappa shape index (κ2) is 11.6. The minimum absolute atomic E-state index is 0.179. The van der Waals surface area contributed by atoms with Gasteiger partial charge in [0.1, 0.15) is 5.82 Å². The van der Waals surface area contributed by atoms with Crippen molar-refractivity contribution in [2.24, 2.45) is 0 Å². The van der Waals surface area contributed by atoms with Gasteiger partial charge in [-0.1, -0.05) is 41.9 Å². The van der Waals surface area contributed by atoms with E-state index in [4.69, 9.17) is 21.1 Å². The Morgan fingerprint density at radius 2 is 2.07 bits per heavy atom. The van der Waals surface area contributed by atoms with Gasteiger partial charge in [-0.05, 0) is 24.8 Å². The number of halogens is 1. The van der Waals surface area contributed by atoms with Gasteiger partial charge in [0.05, 0.1) is 43.3 Å². The molecule has 0 radical (unpaired) electrons. The highest BCUT2D eigenvalue weighted by atomic mass is 35.5. The van der Waals surface area contributed by atoms with Crippen molar-refractivity contribution in [1.82, 2.24) is 15.3 Å². The highest BCUT2D eigenvalue weighted by Gasteiger charge is 2.27. The lowest BCUT2D eigenvalue weighted by molar-refractivity contribution is 0.0626. The fourth-order valence-corrected chi connectivity index (χ4v) is 4.15. The second-order valence-electron chi connectivity index (χ2n) is 7.61. The summed E-state index contributed by atoms with van der Waals surface area (Å²) in [6.07, 6.45) is 4.04. The summed E-state index contributed by atoms with van der Waals surface area (Å²) in [5, 5.41) is 13.8. The van der Waals surface area contributed by atoms with Crippen LogP contribution in [0.1, 0.15) is 30.1 Å². The predicted octanol–water partition coefficient (Wildman–Crippen LogP) is 2.63. The molecule has 1 saturated heterocycles. The molecule has 0 amide bonds. The summed E-state index contributed by atoms with van der Waals surface area (Å²) in [5.74, 6) is 0.779. The van der Waals surface area contributed by atoms with E-state index in [0.717, 1.165) is 30.8 Å². The predicted molar refractivity (Wildman–Crippen MR) is 118 cm³/mol. The maximum absolute atomic E-state index is 10.1. The average Bonchev–Trinajstić information content (AvgIpc) is 3.21. The Morgan fingerprint density at radius 1 is 1.27 bits per heavy atom. The van der Waals surface area contributed by atoms with Crippen molar-refractivity contribution >= 4 is 17.4 Å². The van der Waals surface area contributed by atoms with Gasteiger partial charge in [-0.2, -0.15) is 0 Å². The topological polar surface area (TPSA) is 79.7 Å². The Hall–Kier alpha value is -1.77. The van der Waals surface area contributed by atoms with E-state index in [-0.39, 0.29) is 12.6 Å². The van der Waals surface area contributed by atoms with Crippen LogP contribution in [0.2, 0.25) is 5.15 Å². The van der Waals surface area contributed by atoms with E-state index in [1.54, 1.807) is 20.4 Å². The molecule has 2 aromatic rings. The minimum atomic E-state index is -0.612. The number of methoxy groups -OCH3 is 2. The molecule has 2 N–H and O–H groups in total. The van der Waals surface area contributed by atoms with E-state index in [1.165, 1.54) is 0 Å². The number of nitrogens with zero attached hydrogens (tertiary/aromatic N) is 3. The minimum Gasteiger partial charge on any atom is -0.389 e. The van der Waals surface area contributed by atoms with Crippen molar-refractivity contribution in [3.8, 4) is 0 Å². The van der Waals surface area contributed by atoms with Crippen LogP contribution in [0.5, 0.6) is 0 Å². The molecule has 0 saturated carbocycles. The SMILES string of the molecule is COCC1CCCN1c1cnc(C(Cc2ccccc2)NC[C@@H](O)COC)c(Cl)n1. The lowest BCUT2D eigenvalue weighted by Crippen LogP contribution is -2.35. The Balaban J connectivity index is 1.79. The Labute approximate surface area is 183 Å². The van der Waals surface area contributed by atoms with Crippen molar-refractivity contribution in [2.75, 3.05) is 45.4 Å². The fourth-order valence-electron chi connectivity index (χ4n) is 3.89. The van der Waals surface area contributed by atoms with E-state index >= 15 is 0 Å². The molecule has 3 atom stereocenters. The van der Waals surface area contributed by atoms with E-state index in [2.05, 4.69) is 32.3 Å². The maximum atomic E-state index is 10.1. The number of benzene rings is 1. The van der Waals surface area contributed by atoms with E-state index in [0.29, 0.717) is 36.5 Å². The molecule has 1 aromatic carbocycles. The van der Waals surface area contributed by atoms with Crippen molar-refractivity contribution in [2.45, 2.75) is 37.5 Å². The zero-order valence-electron chi connectivity index (χ0n) is 17.6. The van der Waals surface area contributed by atoms with Crippen LogP contribution in [-0.2, 0) is 15.9 Å². The monoisotopic (exact) mass is 434 g/mol. The van der Waals surface area contributed by atoms with Crippen LogP contribution in [-0.4, -0.2) is 67.7 Å². The second-order valence-corrected chi connectivity index (χ2v) is 7.97. The summed E-state index contributed by atoms with van der Waals surface area (Å²) in [5.41, 5.74) is 1.83. The van der Waals surface area contributed by atoms with Gasteiger partial charge in [0.25, 0.3) is 0 Å². The molecule has 30 heavy (non-hydrogen) atoms. The molecule has 2 heterocycles. The van der Waals surface area contributed by atoms with Crippen molar-refractivity contribution < 1.29 is 14.6 Å². The average molecular weight is 435 g/mol. The van der Waals surface area contributed by atoms with Crippen molar-refractivity contribution in [3.05, 3.63) is 52.9 Å². The van der Waals surface area contributed by atoms with Gasteiger partial charge in [-0.15, -0.1) is 0 Å². The molecule has 7 nitrogen and oxygen atoms in total. The van der Waals surface area contributed by atoms with Crippen LogP contribution in [0.15, 0.2) is 36.5 Å². The Bertz CT molecular complexity index is 780.